The van der Waals surface area contributed by atoms with E-state index in [2.05, 4.69) is 17.6 Å². The molecule has 2 aliphatic carbocycles. The summed E-state index contributed by atoms with van der Waals surface area (Å²) < 4.78 is 0. The highest BCUT2D eigenvalue weighted by atomic mass is 16.3. The highest BCUT2D eigenvalue weighted by Gasteiger charge is 2.27. The third-order valence-corrected chi connectivity index (χ3v) is 4.81. The number of amides is 2. The topological polar surface area (TPSA) is 61.4 Å². The van der Waals surface area contributed by atoms with Crippen LogP contribution in [0.25, 0.3) is 0 Å². The van der Waals surface area contributed by atoms with E-state index in [9.17, 15) is 9.90 Å². The van der Waals surface area contributed by atoms with Gasteiger partial charge < -0.3 is 15.7 Å². The van der Waals surface area contributed by atoms with Crippen molar-refractivity contribution < 1.29 is 9.90 Å². The van der Waals surface area contributed by atoms with E-state index in [0.29, 0.717) is 6.04 Å². The number of carbonyl (C=O) groups excluding carboxylic acids is 1. The van der Waals surface area contributed by atoms with E-state index < -0.39 is 0 Å². The maximum Gasteiger partial charge on any atom is 0.315 e. The summed E-state index contributed by atoms with van der Waals surface area (Å²) in [5.74, 6) is 1.05. The van der Waals surface area contributed by atoms with Gasteiger partial charge in [0.15, 0.2) is 0 Å². The lowest BCUT2D eigenvalue weighted by atomic mass is 9.85. The Kier molecular flexibility index (Phi) is 5.49. The molecule has 0 heterocycles. The van der Waals surface area contributed by atoms with E-state index in [1.54, 1.807) is 0 Å². The number of aliphatic hydroxyl groups excluding tert-OH is 1. The summed E-state index contributed by atoms with van der Waals surface area (Å²) in [6, 6.07) is 0.457. The monoisotopic (exact) mass is 268 g/mol. The first-order valence-electron chi connectivity index (χ1n) is 7.87. The molecule has 2 saturated carbocycles. The third kappa shape index (κ3) is 4.37. The lowest BCUT2D eigenvalue weighted by Gasteiger charge is -2.32. The van der Waals surface area contributed by atoms with Crippen LogP contribution in [0, 0.1) is 11.8 Å². The van der Waals surface area contributed by atoms with Crippen LogP contribution in [0.4, 0.5) is 4.79 Å². The van der Waals surface area contributed by atoms with Crippen LogP contribution in [0.3, 0.4) is 0 Å². The molecule has 0 saturated heterocycles. The van der Waals surface area contributed by atoms with Gasteiger partial charge in [0.25, 0.3) is 0 Å². The van der Waals surface area contributed by atoms with Crippen LogP contribution in [-0.4, -0.2) is 29.8 Å². The van der Waals surface area contributed by atoms with Crippen molar-refractivity contribution in [2.75, 3.05) is 6.61 Å². The summed E-state index contributed by atoms with van der Waals surface area (Å²) in [5, 5.41) is 15.5. The minimum absolute atomic E-state index is 0.0371. The summed E-state index contributed by atoms with van der Waals surface area (Å²) in [6.07, 6.45) is 8.99. The molecule has 0 radical (unpaired) electrons. The average Bonchev–Trinajstić information content (AvgIpc) is 2.42. The number of carbonyl (C=O) groups is 1. The van der Waals surface area contributed by atoms with Gasteiger partial charge in [0.2, 0.25) is 0 Å². The summed E-state index contributed by atoms with van der Waals surface area (Å²) in [5.41, 5.74) is 0. The highest BCUT2D eigenvalue weighted by Crippen LogP contribution is 2.25. The van der Waals surface area contributed by atoms with Crippen molar-refractivity contribution in [2.24, 2.45) is 11.8 Å². The predicted octanol–water partition coefficient (Wildman–Crippen LogP) is 2.42. The molecule has 3 N–H and O–H groups in total. The number of aliphatic hydroxyl groups is 1. The molecule has 0 aromatic carbocycles. The Morgan fingerprint density at radius 2 is 1.74 bits per heavy atom. The zero-order valence-electron chi connectivity index (χ0n) is 12.0. The van der Waals surface area contributed by atoms with Crippen LogP contribution in [0.1, 0.15) is 58.3 Å². The molecular formula is C15H28N2O2. The van der Waals surface area contributed by atoms with Crippen molar-refractivity contribution in [2.45, 2.75) is 70.4 Å². The van der Waals surface area contributed by atoms with Crippen molar-refractivity contribution in [3.63, 3.8) is 0 Å². The first kappa shape index (κ1) is 14.6. The first-order chi connectivity index (χ1) is 9.19. The molecule has 19 heavy (non-hydrogen) atoms. The molecule has 0 bridgehead atoms. The van der Waals surface area contributed by atoms with Crippen LogP contribution in [0.15, 0.2) is 0 Å². The van der Waals surface area contributed by atoms with Gasteiger partial charge in [-0.25, -0.2) is 4.79 Å². The van der Waals surface area contributed by atoms with Gasteiger partial charge in [-0.05, 0) is 44.4 Å². The smallest absolute Gasteiger partial charge is 0.315 e. The first-order valence-corrected chi connectivity index (χ1v) is 7.87. The van der Waals surface area contributed by atoms with Crippen molar-refractivity contribution in [3.05, 3.63) is 0 Å². The van der Waals surface area contributed by atoms with E-state index in [1.165, 1.54) is 19.3 Å². The molecule has 4 heteroatoms. The normalized spacial score (nSPS) is 35.7. The second-order valence-electron chi connectivity index (χ2n) is 6.41. The summed E-state index contributed by atoms with van der Waals surface area (Å²) in [7, 11) is 0. The van der Waals surface area contributed by atoms with E-state index in [0.717, 1.165) is 38.0 Å². The highest BCUT2D eigenvalue weighted by molar-refractivity contribution is 5.74. The second kappa shape index (κ2) is 7.13. The van der Waals surface area contributed by atoms with E-state index in [-0.39, 0.29) is 24.6 Å². The Balaban J connectivity index is 1.74. The van der Waals surface area contributed by atoms with Crippen LogP contribution in [0.5, 0.6) is 0 Å². The van der Waals surface area contributed by atoms with Gasteiger partial charge in [-0.1, -0.05) is 19.8 Å². The Hall–Kier alpha value is -0.770. The van der Waals surface area contributed by atoms with Gasteiger partial charge in [-0.2, -0.15) is 0 Å². The van der Waals surface area contributed by atoms with Crippen molar-refractivity contribution >= 4 is 6.03 Å². The van der Waals surface area contributed by atoms with Crippen LogP contribution < -0.4 is 10.6 Å². The molecule has 2 fully saturated rings. The molecule has 2 unspecified atom stereocenters. The molecule has 2 atom stereocenters. The molecule has 0 aliphatic heterocycles. The fraction of sp³-hybridized carbons (Fsp3) is 0.933. The lowest BCUT2D eigenvalue weighted by molar-refractivity contribution is 0.152. The summed E-state index contributed by atoms with van der Waals surface area (Å²) in [6.45, 7) is 2.47. The van der Waals surface area contributed by atoms with E-state index in [1.807, 2.05) is 0 Å². The minimum atomic E-state index is -0.0371. The Morgan fingerprint density at radius 3 is 2.42 bits per heavy atom. The molecule has 2 rings (SSSR count). The fourth-order valence-electron chi connectivity index (χ4n) is 3.42. The van der Waals surface area contributed by atoms with Crippen LogP contribution in [0.2, 0.25) is 0 Å². The number of urea groups is 1. The Bertz CT molecular complexity index is 288. The molecule has 2 amide bonds. The lowest BCUT2D eigenvalue weighted by Crippen LogP contribution is -2.50. The van der Waals surface area contributed by atoms with Gasteiger partial charge in [0.1, 0.15) is 0 Å². The van der Waals surface area contributed by atoms with Gasteiger partial charge in [-0.3, -0.25) is 0 Å². The molecule has 2 aliphatic rings. The molecule has 0 aromatic rings. The number of hydrogen-bond donors (Lipinski definition) is 3. The summed E-state index contributed by atoms with van der Waals surface area (Å²) in [4.78, 5) is 12.0. The molecular weight excluding hydrogens is 240 g/mol. The fourth-order valence-corrected chi connectivity index (χ4v) is 3.42. The molecule has 0 spiro atoms. The maximum atomic E-state index is 12.0. The SMILES string of the molecule is CC1CCC(NC(=O)NC2CCCCC2CO)CC1. The van der Waals surface area contributed by atoms with Gasteiger partial charge in [-0.15, -0.1) is 0 Å². The van der Waals surface area contributed by atoms with Crippen molar-refractivity contribution in [1.82, 2.24) is 10.6 Å². The number of rotatable bonds is 3. The number of nitrogens with one attached hydrogen (secondary N) is 2. The zero-order chi connectivity index (χ0) is 13.7. The van der Waals surface area contributed by atoms with Crippen LogP contribution >= 0.6 is 0 Å². The Labute approximate surface area is 116 Å². The van der Waals surface area contributed by atoms with Gasteiger partial charge in [0.05, 0.1) is 0 Å². The largest absolute Gasteiger partial charge is 0.396 e. The predicted molar refractivity (Wildman–Crippen MR) is 75.9 cm³/mol. The van der Waals surface area contributed by atoms with Crippen LogP contribution in [-0.2, 0) is 0 Å². The Morgan fingerprint density at radius 1 is 1.05 bits per heavy atom. The van der Waals surface area contributed by atoms with Crippen molar-refractivity contribution in [1.29, 1.82) is 0 Å². The third-order valence-electron chi connectivity index (χ3n) is 4.81. The van der Waals surface area contributed by atoms with Gasteiger partial charge >= 0.3 is 6.03 Å². The quantitative estimate of drug-likeness (QED) is 0.736. The average molecular weight is 268 g/mol. The van der Waals surface area contributed by atoms with Gasteiger partial charge in [0, 0.05) is 24.6 Å². The maximum absolute atomic E-state index is 12.0. The molecule has 0 aromatic heterocycles. The standard InChI is InChI=1S/C15H28N2O2/c1-11-6-8-13(9-7-11)16-15(19)17-14-5-3-2-4-12(14)10-18/h11-14,18H,2-10H2,1H3,(H2,16,17,19). The number of hydrogen-bond acceptors (Lipinski definition) is 2. The minimum Gasteiger partial charge on any atom is -0.396 e. The van der Waals surface area contributed by atoms with Crippen molar-refractivity contribution in [3.8, 4) is 0 Å². The second-order valence-corrected chi connectivity index (χ2v) is 6.41. The zero-order valence-corrected chi connectivity index (χ0v) is 12.0. The summed E-state index contributed by atoms with van der Waals surface area (Å²) >= 11 is 0. The van der Waals surface area contributed by atoms with E-state index in [4.69, 9.17) is 0 Å². The molecule has 4 nitrogen and oxygen atoms in total. The molecule has 110 valence electrons. The van der Waals surface area contributed by atoms with E-state index >= 15 is 0 Å².